The molecule has 0 saturated heterocycles. The first-order valence-corrected chi connectivity index (χ1v) is 7.45. The van der Waals surface area contributed by atoms with Gasteiger partial charge in [-0.1, -0.05) is 23.4 Å². The van der Waals surface area contributed by atoms with Crippen LogP contribution in [0.2, 0.25) is 5.02 Å². The van der Waals surface area contributed by atoms with E-state index >= 15 is 0 Å². The fourth-order valence-electron chi connectivity index (χ4n) is 1.55. The van der Waals surface area contributed by atoms with E-state index < -0.39 is 0 Å². The van der Waals surface area contributed by atoms with Crippen molar-refractivity contribution in [1.82, 2.24) is 20.2 Å². The van der Waals surface area contributed by atoms with Gasteiger partial charge >= 0.3 is 0 Å². The number of nitrogens with zero attached hydrogens (tertiary/aromatic N) is 4. The number of ether oxygens (including phenoxy) is 1. The zero-order valence-electron chi connectivity index (χ0n) is 11.5. The van der Waals surface area contributed by atoms with Crippen molar-refractivity contribution in [3.8, 4) is 5.75 Å². The Morgan fingerprint density at radius 2 is 2.33 bits per heavy atom. The van der Waals surface area contributed by atoms with E-state index in [0.29, 0.717) is 33.8 Å². The fourth-order valence-corrected chi connectivity index (χ4v) is 2.59. The average Bonchev–Trinajstić information content (AvgIpc) is 2.85. The smallest absolute Gasteiger partial charge is 0.225 e. The molecular formula is C12H14ClN5O2S. The van der Waals surface area contributed by atoms with Gasteiger partial charge in [0.2, 0.25) is 11.1 Å². The van der Waals surface area contributed by atoms with E-state index in [1.165, 1.54) is 18.9 Å². The van der Waals surface area contributed by atoms with E-state index in [9.17, 15) is 4.79 Å². The minimum atomic E-state index is -0.0983. The van der Waals surface area contributed by atoms with Crippen LogP contribution in [-0.4, -0.2) is 39.0 Å². The molecule has 0 fully saturated rings. The van der Waals surface area contributed by atoms with Crippen molar-refractivity contribution >= 4 is 35.0 Å². The number of rotatable bonds is 6. The summed E-state index contributed by atoms with van der Waals surface area (Å²) in [6.07, 6.45) is 0.348. The van der Waals surface area contributed by atoms with Gasteiger partial charge in [-0.2, -0.15) is 0 Å². The van der Waals surface area contributed by atoms with Crippen molar-refractivity contribution in [2.75, 3.05) is 18.2 Å². The van der Waals surface area contributed by atoms with E-state index in [4.69, 9.17) is 16.3 Å². The number of carbonyl (C=O) groups excluding carboxylic acids is 1. The van der Waals surface area contributed by atoms with Crippen LogP contribution in [0.4, 0.5) is 5.69 Å². The van der Waals surface area contributed by atoms with Gasteiger partial charge in [-0.05, 0) is 28.6 Å². The monoisotopic (exact) mass is 327 g/mol. The minimum absolute atomic E-state index is 0.0983. The summed E-state index contributed by atoms with van der Waals surface area (Å²) in [4.78, 5) is 11.8. The van der Waals surface area contributed by atoms with Crippen molar-refractivity contribution in [2.24, 2.45) is 7.05 Å². The summed E-state index contributed by atoms with van der Waals surface area (Å²) in [5.74, 6) is 1.06. The zero-order valence-corrected chi connectivity index (χ0v) is 13.1. The van der Waals surface area contributed by atoms with Gasteiger partial charge in [-0.25, -0.2) is 4.68 Å². The van der Waals surface area contributed by atoms with Crippen molar-refractivity contribution in [2.45, 2.75) is 11.6 Å². The maximum absolute atomic E-state index is 11.8. The molecule has 21 heavy (non-hydrogen) atoms. The molecule has 1 N–H and O–H groups in total. The molecule has 0 atom stereocenters. The van der Waals surface area contributed by atoms with Crippen LogP contribution in [0.25, 0.3) is 0 Å². The van der Waals surface area contributed by atoms with E-state index in [1.807, 2.05) is 0 Å². The van der Waals surface area contributed by atoms with Crippen LogP contribution in [-0.2, 0) is 11.8 Å². The van der Waals surface area contributed by atoms with Crippen molar-refractivity contribution < 1.29 is 9.53 Å². The second kappa shape index (κ2) is 7.28. The number of aromatic nitrogens is 4. The molecule has 112 valence electrons. The van der Waals surface area contributed by atoms with Crippen LogP contribution < -0.4 is 10.1 Å². The Bertz CT molecular complexity index is 634. The van der Waals surface area contributed by atoms with Crippen LogP contribution in [0.15, 0.2) is 23.4 Å². The van der Waals surface area contributed by atoms with Crippen molar-refractivity contribution in [3.63, 3.8) is 0 Å². The Labute approximate surface area is 131 Å². The summed E-state index contributed by atoms with van der Waals surface area (Å²) in [6, 6.07) is 5.10. The molecule has 0 aliphatic carbocycles. The molecule has 0 saturated carbocycles. The van der Waals surface area contributed by atoms with Crippen LogP contribution >= 0.6 is 23.4 Å². The molecule has 0 radical (unpaired) electrons. The number of hydrogen-bond donors (Lipinski definition) is 1. The van der Waals surface area contributed by atoms with E-state index in [-0.39, 0.29) is 5.91 Å². The minimum Gasteiger partial charge on any atom is -0.495 e. The molecule has 0 unspecified atom stereocenters. The van der Waals surface area contributed by atoms with Gasteiger partial charge < -0.3 is 10.1 Å². The molecule has 2 aromatic rings. The maximum atomic E-state index is 11.8. The topological polar surface area (TPSA) is 81.9 Å². The molecule has 0 aliphatic heterocycles. The van der Waals surface area contributed by atoms with E-state index in [1.54, 1.807) is 29.9 Å². The predicted octanol–water partition coefficient (Wildman–Crippen LogP) is 1.99. The number of methoxy groups -OCH3 is 1. The van der Waals surface area contributed by atoms with Gasteiger partial charge in [0.1, 0.15) is 5.75 Å². The molecule has 0 aliphatic rings. The number of anilines is 1. The Morgan fingerprint density at radius 3 is 2.95 bits per heavy atom. The highest BCUT2D eigenvalue weighted by Gasteiger charge is 2.08. The van der Waals surface area contributed by atoms with Gasteiger partial charge in [0.15, 0.2) is 0 Å². The molecule has 2 rings (SSSR count). The summed E-state index contributed by atoms with van der Waals surface area (Å²) >= 11 is 7.42. The summed E-state index contributed by atoms with van der Waals surface area (Å²) in [5.41, 5.74) is 0.635. The summed E-state index contributed by atoms with van der Waals surface area (Å²) < 4.78 is 6.61. The highest BCUT2D eigenvalue weighted by molar-refractivity contribution is 7.99. The van der Waals surface area contributed by atoms with Gasteiger partial charge in [-0.15, -0.1) is 5.10 Å². The third-order valence-electron chi connectivity index (χ3n) is 2.58. The number of carbonyl (C=O) groups is 1. The molecule has 0 spiro atoms. The van der Waals surface area contributed by atoms with Crippen LogP contribution in [0.1, 0.15) is 6.42 Å². The number of halogens is 1. The Balaban J connectivity index is 1.82. The average molecular weight is 328 g/mol. The summed E-state index contributed by atoms with van der Waals surface area (Å²) in [5, 5.41) is 15.0. The fraction of sp³-hybridized carbons (Fsp3) is 0.333. The number of amides is 1. The summed E-state index contributed by atoms with van der Waals surface area (Å²) in [7, 11) is 3.29. The third-order valence-corrected chi connectivity index (χ3v) is 3.88. The van der Waals surface area contributed by atoms with Gasteiger partial charge in [0.05, 0.1) is 12.1 Å². The maximum Gasteiger partial charge on any atom is 0.225 e. The lowest BCUT2D eigenvalue weighted by Crippen LogP contribution is -2.12. The van der Waals surface area contributed by atoms with E-state index in [2.05, 4.69) is 20.8 Å². The molecule has 1 aromatic carbocycles. The molecule has 9 heteroatoms. The summed E-state index contributed by atoms with van der Waals surface area (Å²) in [6.45, 7) is 0. The lowest BCUT2D eigenvalue weighted by atomic mass is 10.3. The molecule has 1 amide bonds. The molecule has 7 nitrogen and oxygen atoms in total. The van der Waals surface area contributed by atoms with Crippen molar-refractivity contribution in [1.29, 1.82) is 0 Å². The SMILES string of the molecule is COc1ccc(NC(=O)CCSc2nnnn2C)cc1Cl. The van der Waals surface area contributed by atoms with Crippen LogP contribution in [0.3, 0.4) is 0 Å². The first-order chi connectivity index (χ1) is 10.1. The van der Waals surface area contributed by atoms with Gasteiger partial charge in [-0.3, -0.25) is 4.79 Å². The first kappa shape index (κ1) is 15.6. The lowest BCUT2D eigenvalue weighted by Gasteiger charge is -2.07. The van der Waals surface area contributed by atoms with E-state index in [0.717, 1.165) is 0 Å². The predicted molar refractivity (Wildman–Crippen MR) is 80.8 cm³/mol. The second-order valence-electron chi connectivity index (χ2n) is 4.08. The lowest BCUT2D eigenvalue weighted by molar-refractivity contribution is -0.115. The Kier molecular flexibility index (Phi) is 5.40. The first-order valence-electron chi connectivity index (χ1n) is 6.08. The largest absolute Gasteiger partial charge is 0.495 e. The number of tetrazole rings is 1. The zero-order chi connectivity index (χ0) is 15.2. The standard InChI is InChI=1S/C12H14ClN5O2S/c1-18-12(15-16-17-18)21-6-5-11(19)14-8-3-4-10(20-2)9(13)7-8/h3-4,7H,5-6H2,1-2H3,(H,14,19). The van der Waals surface area contributed by atoms with Crippen molar-refractivity contribution in [3.05, 3.63) is 23.2 Å². The number of thioether (sulfide) groups is 1. The number of aryl methyl sites for hydroxylation is 1. The number of hydrogen-bond acceptors (Lipinski definition) is 6. The normalized spacial score (nSPS) is 10.4. The second-order valence-corrected chi connectivity index (χ2v) is 5.55. The highest BCUT2D eigenvalue weighted by Crippen LogP contribution is 2.27. The van der Waals surface area contributed by atoms with Crippen LogP contribution in [0.5, 0.6) is 5.75 Å². The van der Waals surface area contributed by atoms with Gasteiger partial charge in [0, 0.05) is 24.9 Å². The molecule has 0 bridgehead atoms. The number of nitrogens with one attached hydrogen (secondary N) is 1. The van der Waals surface area contributed by atoms with Gasteiger partial charge in [0.25, 0.3) is 0 Å². The third kappa shape index (κ3) is 4.33. The quantitative estimate of drug-likeness (QED) is 0.817. The highest BCUT2D eigenvalue weighted by atomic mass is 35.5. The molecule has 1 aromatic heterocycles. The Morgan fingerprint density at radius 1 is 1.52 bits per heavy atom. The Hall–Kier alpha value is -1.80. The molecule has 1 heterocycles. The molecular weight excluding hydrogens is 314 g/mol. The number of benzene rings is 1. The van der Waals surface area contributed by atoms with Crippen LogP contribution in [0, 0.1) is 0 Å².